The minimum atomic E-state index is 0.0416. The van der Waals surface area contributed by atoms with Crippen molar-refractivity contribution < 1.29 is 9.53 Å². The van der Waals surface area contributed by atoms with E-state index >= 15 is 0 Å². The molecule has 0 aliphatic carbocycles. The average molecular weight is 264 g/mol. The molecule has 0 aliphatic heterocycles. The predicted octanol–water partition coefficient (Wildman–Crippen LogP) is 2.93. The molecule has 19 heavy (non-hydrogen) atoms. The monoisotopic (exact) mass is 264 g/mol. The molecule has 0 saturated carbocycles. The molecule has 1 aromatic rings. The summed E-state index contributed by atoms with van der Waals surface area (Å²) in [6.07, 6.45) is 4.64. The van der Waals surface area contributed by atoms with Crippen molar-refractivity contribution in [3.63, 3.8) is 0 Å². The molecular weight excluding hydrogens is 240 g/mol. The zero-order chi connectivity index (χ0) is 13.9. The van der Waals surface area contributed by atoms with E-state index in [0.717, 1.165) is 43.7 Å². The molecule has 0 spiro atoms. The number of para-hydroxylation sites is 2. The molecule has 1 amide bonds. The number of carbonyl (C=O) groups excluding carboxylic acids is 1. The Morgan fingerprint density at radius 2 is 1.95 bits per heavy atom. The maximum Gasteiger partial charge on any atom is 0.224 e. The molecule has 0 bridgehead atoms. The fourth-order valence-corrected chi connectivity index (χ4v) is 1.85. The Kier molecular flexibility index (Phi) is 7.66. The minimum absolute atomic E-state index is 0.0416. The van der Waals surface area contributed by atoms with Crippen molar-refractivity contribution in [2.75, 3.05) is 18.5 Å². The molecule has 0 heterocycles. The van der Waals surface area contributed by atoms with Gasteiger partial charge >= 0.3 is 0 Å². The van der Waals surface area contributed by atoms with Crippen LogP contribution in [0.2, 0.25) is 0 Å². The molecule has 0 saturated heterocycles. The van der Waals surface area contributed by atoms with Crippen molar-refractivity contribution in [1.82, 2.24) is 0 Å². The van der Waals surface area contributed by atoms with Gasteiger partial charge in [-0.1, -0.05) is 25.0 Å². The summed E-state index contributed by atoms with van der Waals surface area (Å²) in [5.74, 6) is 0.765. The van der Waals surface area contributed by atoms with Gasteiger partial charge in [0, 0.05) is 6.42 Å². The lowest BCUT2D eigenvalue weighted by molar-refractivity contribution is -0.116. The Labute approximate surface area is 115 Å². The topological polar surface area (TPSA) is 64.3 Å². The van der Waals surface area contributed by atoms with Crippen LogP contribution in [-0.2, 0) is 4.79 Å². The summed E-state index contributed by atoms with van der Waals surface area (Å²) in [7, 11) is 0. The van der Waals surface area contributed by atoms with Gasteiger partial charge in [-0.25, -0.2) is 0 Å². The number of rotatable bonds is 9. The molecular formula is C15H24N2O2. The van der Waals surface area contributed by atoms with Crippen LogP contribution in [0.1, 0.15) is 39.0 Å². The average Bonchev–Trinajstić information content (AvgIpc) is 2.41. The second-order valence-electron chi connectivity index (χ2n) is 4.43. The van der Waals surface area contributed by atoms with Crippen molar-refractivity contribution in [3.8, 4) is 5.75 Å². The first-order chi connectivity index (χ1) is 9.27. The van der Waals surface area contributed by atoms with Gasteiger partial charge in [-0.3, -0.25) is 4.79 Å². The molecule has 0 radical (unpaired) electrons. The van der Waals surface area contributed by atoms with Gasteiger partial charge in [0.25, 0.3) is 0 Å². The van der Waals surface area contributed by atoms with Crippen molar-refractivity contribution in [2.45, 2.75) is 39.0 Å². The molecule has 4 nitrogen and oxygen atoms in total. The SMILES string of the molecule is CCOc1ccccc1NC(=O)CCCCCCN. The van der Waals surface area contributed by atoms with E-state index in [1.54, 1.807) is 0 Å². The summed E-state index contributed by atoms with van der Waals surface area (Å²) in [6.45, 7) is 3.25. The molecule has 4 heteroatoms. The standard InChI is InChI=1S/C15H24N2O2/c1-2-19-14-10-7-6-9-13(14)17-15(18)11-5-3-4-8-12-16/h6-7,9-10H,2-5,8,11-12,16H2,1H3,(H,17,18). The first-order valence-electron chi connectivity index (χ1n) is 6.99. The quantitative estimate of drug-likeness (QED) is 0.674. The molecule has 0 aromatic heterocycles. The molecule has 106 valence electrons. The van der Waals surface area contributed by atoms with Gasteiger partial charge in [0.05, 0.1) is 12.3 Å². The highest BCUT2D eigenvalue weighted by Gasteiger charge is 2.06. The number of ether oxygens (including phenoxy) is 1. The van der Waals surface area contributed by atoms with E-state index < -0.39 is 0 Å². The van der Waals surface area contributed by atoms with Crippen molar-refractivity contribution in [2.24, 2.45) is 5.73 Å². The molecule has 1 aromatic carbocycles. The van der Waals surface area contributed by atoms with E-state index in [0.29, 0.717) is 13.0 Å². The fraction of sp³-hybridized carbons (Fsp3) is 0.533. The van der Waals surface area contributed by atoms with Crippen LogP contribution in [0, 0.1) is 0 Å². The van der Waals surface area contributed by atoms with Crippen LogP contribution in [0.15, 0.2) is 24.3 Å². The van der Waals surface area contributed by atoms with Gasteiger partial charge in [0.2, 0.25) is 5.91 Å². The van der Waals surface area contributed by atoms with Crippen LogP contribution in [0.5, 0.6) is 5.75 Å². The number of carbonyl (C=O) groups is 1. The van der Waals surface area contributed by atoms with Gasteiger partial charge in [-0.2, -0.15) is 0 Å². The maximum absolute atomic E-state index is 11.8. The normalized spacial score (nSPS) is 10.2. The number of nitrogens with two attached hydrogens (primary N) is 1. The molecule has 0 aliphatic rings. The van der Waals surface area contributed by atoms with Crippen molar-refractivity contribution >= 4 is 11.6 Å². The third-order valence-electron chi connectivity index (χ3n) is 2.82. The maximum atomic E-state index is 11.8. The number of anilines is 1. The van der Waals surface area contributed by atoms with Crippen LogP contribution in [0.25, 0.3) is 0 Å². The first kappa shape index (κ1) is 15.5. The number of nitrogens with one attached hydrogen (secondary N) is 1. The van der Waals surface area contributed by atoms with Crippen molar-refractivity contribution in [1.29, 1.82) is 0 Å². The van der Waals surface area contributed by atoms with Crippen LogP contribution in [0.3, 0.4) is 0 Å². The Morgan fingerprint density at radius 3 is 2.68 bits per heavy atom. The van der Waals surface area contributed by atoms with E-state index in [-0.39, 0.29) is 5.91 Å². The Bertz CT molecular complexity index is 380. The number of hydrogen-bond acceptors (Lipinski definition) is 3. The molecule has 1 rings (SSSR count). The van der Waals surface area contributed by atoms with Gasteiger partial charge in [-0.05, 0) is 38.4 Å². The smallest absolute Gasteiger partial charge is 0.224 e. The molecule has 0 fully saturated rings. The van der Waals surface area contributed by atoms with Crippen LogP contribution in [-0.4, -0.2) is 19.1 Å². The predicted molar refractivity (Wildman–Crippen MR) is 78.4 cm³/mol. The van der Waals surface area contributed by atoms with Crippen molar-refractivity contribution in [3.05, 3.63) is 24.3 Å². The lowest BCUT2D eigenvalue weighted by Gasteiger charge is -2.11. The summed E-state index contributed by atoms with van der Waals surface area (Å²) in [5, 5.41) is 2.90. The Hall–Kier alpha value is -1.55. The Morgan fingerprint density at radius 1 is 1.21 bits per heavy atom. The van der Waals surface area contributed by atoms with Gasteiger partial charge in [0.15, 0.2) is 0 Å². The zero-order valence-corrected chi connectivity index (χ0v) is 11.7. The summed E-state index contributed by atoms with van der Waals surface area (Å²) in [5.41, 5.74) is 6.17. The van der Waals surface area contributed by atoms with Crippen LogP contribution >= 0.6 is 0 Å². The van der Waals surface area contributed by atoms with E-state index in [1.807, 2.05) is 31.2 Å². The highest BCUT2D eigenvalue weighted by Crippen LogP contribution is 2.23. The summed E-state index contributed by atoms with van der Waals surface area (Å²) in [6, 6.07) is 7.50. The summed E-state index contributed by atoms with van der Waals surface area (Å²) >= 11 is 0. The highest BCUT2D eigenvalue weighted by molar-refractivity contribution is 5.92. The van der Waals surface area contributed by atoms with Crippen LogP contribution < -0.4 is 15.8 Å². The Balaban J connectivity index is 2.35. The van der Waals surface area contributed by atoms with E-state index in [9.17, 15) is 4.79 Å². The molecule has 0 unspecified atom stereocenters. The van der Waals surface area contributed by atoms with Gasteiger partial charge < -0.3 is 15.8 Å². The lowest BCUT2D eigenvalue weighted by Crippen LogP contribution is -2.12. The molecule has 0 atom stereocenters. The second kappa shape index (κ2) is 9.39. The first-order valence-corrected chi connectivity index (χ1v) is 6.99. The van der Waals surface area contributed by atoms with Gasteiger partial charge in [0.1, 0.15) is 5.75 Å². The summed E-state index contributed by atoms with van der Waals surface area (Å²) < 4.78 is 5.47. The minimum Gasteiger partial charge on any atom is -0.492 e. The zero-order valence-electron chi connectivity index (χ0n) is 11.7. The molecule has 3 N–H and O–H groups in total. The van der Waals surface area contributed by atoms with E-state index in [1.165, 1.54) is 0 Å². The number of amides is 1. The number of hydrogen-bond donors (Lipinski definition) is 2. The second-order valence-corrected chi connectivity index (χ2v) is 4.43. The van der Waals surface area contributed by atoms with Crippen LogP contribution in [0.4, 0.5) is 5.69 Å². The van der Waals surface area contributed by atoms with Gasteiger partial charge in [-0.15, -0.1) is 0 Å². The fourth-order valence-electron chi connectivity index (χ4n) is 1.85. The highest BCUT2D eigenvalue weighted by atomic mass is 16.5. The summed E-state index contributed by atoms with van der Waals surface area (Å²) in [4.78, 5) is 11.8. The third-order valence-corrected chi connectivity index (χ3v) is 2.82. The lowest BCUT2D eigenvalue weighted by atomic mass is 10.1. The number of benzene rings is 1. The number of unbranched alkanes of at least 4 members (excludes halogenated alkanes) is 3. The third kappa shape index (κ3) is 6.25. The van der Waals surface area contributed by atoms with E-state index in [4.69, 9.17) is 10.5 Å². The largest absolute Gasteiger partial charge is 0.492 e. The van der Waals surface area contributed by atoms with E-state index in [2.05, 4.69) is 5.32 Å².